The number of alkyl halides is 3. The highest BCUT2D eigenvalue weighted by Gasteiger charge is 2.39. The van der Waals surface area contributed by atoms with Gasteiger partial charge in [0.05, 0.1) is 23.0 Å². The van der Waals surface area contributed by atoms with Crippen molar-refractivity contribution in [2.45, 2.75) is 37.2 Å². The molecule has 4 rings (SSSR count). The number of halogens is 4. The third kappa shape index (κ3) is 4.68. The molecule has 1 aliphatic heterocycles. The van der Waals surface area contributed by atoms with Gasteiger partial charge >= 0.3 is 12.4 Å². The van der Waals surface area contributed by atoms with E-state index in [0.717, 1.165) is 25.0 Å². The van der Waals surface area contributed by atoms with Gasteiger partial charge in [0.2, 0.25) is 5.91 Å². The number of amides is 3. The smallest absolute Gasteiger partial charge is 0.406 e. The molecule has 1 aromatic heterocycles. The largest absolute Gasteiger partial charge is 0.573 e. The number of primary amides is 1. The molecule has 3 N–H and O–H groups in total. The normalized spacial score (nSPS) is 19.8. The minimum atomic E-state index is -4.82. The summed E-state index contributed by atoms with van der Waals surface area (Å²) in [5.41, 5.74) is 7.02. The fourth-order valence-corrected chi connectivity index (χ4v) is 3.83. The predicted molar refractivity (Wildman–Crippen MR) is 104 cm³/mol. The predicted octanol–water partition coefficient (Wildman–Crippen LogP) is 3.48. The Bertz CT molecular complexity index is 1010. The molecule has 0 radical (unpaired) electrons. The van der Waals surface area contributed by atoms with E-state index >= 15 is 0 Å². The van der Waals surface area contributed by atoms with Gasteiger partial charge in [0.25, 0.3) is 0 Å². The number of carbonyl (C=O) groups is 2. The molecule has 164 valence electrons. The number of rotatable bonds is 6. The van der Waals surface area contributed by atoms with Crippen LogP contribution in [0.3, 0.4) is 0 Å². The van der Waals surface area contributed by atoms with Crippen molar-refractivity contribution in [3.05, 3.63) is 58.4 Å². The fourth-order valence-electron chi connectivity index (χ4n) is 3.57. The second-order valence-corrected chi connectivity index (χ2v) is 7.86. The lowest BCUT2D eigenvalue weighted by atomic mass is 10.0. The average molecular weight is 455 g/mol. The van der Waals surface area contributed by atoms with Crippen molar-refractivity contribution in [1.29, 1.82) is 0 Å². The lowest BCUT2D eigenvalue weighted by Crippen LogP contribution is -2.39. The molecule has 11 heteroatoms. The van der Waals surface area contributed by atoms with Crippen LogP contribution in [-0.4, -0.2) is 40.8 Å². The number of nitrogens with zero attached hydrogens (tertiary/aromatic N) is 2. The van der Waals surface area contributed by atoms with Crippen molar-refractivity contribution in [1.82, 2.24) is 15.2 Å². The Labute approximate surface area is 180 Å². The number of urea groups is 1. The second-order valence-electron chi connectivity index (χ2n) is 7.45. The minimum Gasteiger partial charge on any atom is -0.406 e. The molecule has 1 saturated carbocycles. The van der Waals surface area contributed by atoms with Crippen LogP contribution in [0.4, 0.5) is 18.0 Å². The van der Waals surface area contributed by atoms with E-state index in [-0.39, 0.29) is 12.5 Å². The maximum atomic E-state index is 12.6. The molecule has 2 heterocycles. The Kier molecular flexibility index (Phi) is 5.42. The summed E-state index contributed by atoms with van der Waals surface area (Å²) in [5.74, 6) is -0.841. The Morgan fingerprint density at radius 1 is 1.23 bits per heavy atom. The number of carbonyl (C=O) groups excluding carboxylic acids is 2. The van der Waals surface area contributed by atoms with E-state index in [2.05, 4.69) is 15.0 Å². The number of aromatic nitrogens is 1. The average Bonchev–Trinajstić information content (AvgIpc) is 3.46. The summed E-state index contributed by atoms with van der Waals surface area (Å²) in [6.45, 7) is -0.0112. The molecular formula is C20H18ClF3N4O3. The lowest BCUT2D eigenvalue weighted by molar-refractivity contribution is -0.274. The highest BCUT2D eigenvalue weighted by atomic mass is 35.5. The Morgan fingerprint density at radius 3 is 2.45 bits per heavy atom. The quantitative estimate of drug-likeness (QED) is 0.698. The Balaban J connectivity index is 1.72. The van der Waals surface area contributed by atoms with Gasteiger partial charge < -0.3 is 20.7 Å². The van der Waals surface area contributed by atoms with Gasteiger partial charge in [-0.1, -0.05) is 23.7 Å². The van der Waals surface area contributed by atoms with Gasteiger partial charge in [0.15, 0.2) is 0 Å². The molecule has 7 nitrogen and oxygen atoms in total. The van der Waals surface area contributed by atoms with Gasteiger partial charge in [-0.3, -0.25) is 9.78 Å². The first-order valence-electron chi connectivity index (χ1n) is 9.51. The number of nitrogens with one attached hydrogen (secondary N) is 1. The number of hydrogen-bond donors (Lipinski definition) is 2. The van der Waals surface area contributed by atoms with Crippen LogP contribution in [0.2, 0.25) is 5.02 Å². The van der Waals surface area contributed by atoms with Crippen LogP contribution in [0, 0.1) is 0 Å². The summed E-state index contributed by atoms with van der Waals surface area (Å²) in [6.07, 6.45) is -2.90. The summed E-state index contributed by atoms with van der Waals surface area (Å²) >= 11 is 6.28. The molecule has 2 aliphatic rings. The van der Waals surface area contributed by atoms with Crippen LogP contribution in [-0.2, 0) is 4.79 Å². The van der Waals surface area contributed by atoms with Crippen LogP contribution < -0.4 is 15.8 Å². The second kappa shape index (κ2) is 7.92. The monoisotopic (exact) mass is 454 g/mol. The minimum absolute atomic E-state index is 0.0112. The zero-order chi connectivity index (χ0) is 22.3. The molecule has 2 fully saturated rings. The molecule has 2 atom stereocenters. The first-order valence-corrected chi connectivity index (χ1v) is 9.88. The molecule has 0 spiro atoms. The zero-order valence-electron chi connectivity index (χ0n) is 16.0. The highest BCUT2D eigenvalue weighted by molar-refractivity contribution is 6.31. The number of hydrogen-bond acceptors (Lipinski definition) is 4. The fraction of sp³-hybridized carbons (Fsp3) is 0.350. The van der Waals surface area contributed by atoms with E-state index in [1.54, 1.807) is 12.1 Å². The molecule has 31 heavy (non-hydrogen) atoms. The highest BCUT2D eigenvalue weighted by Crippen LogP contribution is 2.43. The Hall–Kier alpha value is -3.01. The molecule has 1 unspecified atom stereocenters. The van der Waals surface area contributed by atoms with Crippen molar-refractivity contribution in [3.8, 4) is 5.75 Å². The summed E-state index contributed by atoms with van der Waals surface area (Å²) in [7, 11) is 0. The van der Waals surface area contributed by atoms with E-state index in [1.807, 2.05) is 0 Å². The van der Waals surface area contributed by atoms with Crippen LogP contribution in [0.5, 0.6) is 5.75 Å². The number of nitrogens with two attached hydrogens (primary N) is 1. The van der Waals surface area contributed by atoms with Gasteiger partial charge in [-0.2, -0.15) is 0 Å². The topological polar surface area (TPSA) is 97.6 Å². The summed E-state index contributed by atoms with van der Waals surface area (Å²) in [5, 5.41) is 3.03. The molecule has 3 amide bonds. The SMILES string of the molecule is NC(=O)C1CN([C@H](c2ccc(OC(F)(F)F)cc2)c2ccc(Cl)c(C3CC3)n2)C(=O)N1. The van der Waals surface area contributed by atoms with Gasteiger partial charge in [0.1, 0.15) is 17.8 Å². The first kappa shape index (κ1) is 21.2. The maximum absolute atomic E-state index is 12.6. The van der Waals surface area contributed by atoms with Gasteiger partial charge in [-0.15, -0.1) is 13.2 Å². The van der Waals surface area contributed by atoms with Crippen LogP contribution >= 0.6 is 11.6 Å². The number of pyridine rings is 1. The molecule has 1 aromatic carbocycles. The van der Waals surface area contributed by atoms with Crippen molar-refractivity contribution < 1.29 is 27.5 Å². The van der Waals surface area contributed by atoms with E-state index < -0.39 is 36.1 Å². The number of benzene rings is 1. The van der Waals surface area contributed by atoms with Crippen LogP contribution in [0.1, 0.15) is 41.8 Å². The van der Waals surface area contributed by atoms with Gasteiger partial charge in [-0.05, 0) is 42.7 Å². The Morgan fingerprint density at radius 2 is 1.90 bits per heavy atom. The summed E-state index contributed by atoms with van der Waals surface area (Å²) < 4.78 is 41.4. The van der Waals surface area contributed by atoms with Crippen molar-refractivity contribution in [2.24, 2.45) is 5.73 Å². The lowest BCUT2D eigenvalue weighted by Gasteiger charge is -2.27. The molecule has 0 bridgehead atoms. The van der Waals surface area contributed by atoms with Gasteiger partial charge in [-0.25, -0.2) is 4.79 Å². The molecule has 2 aromatic rings. The summed E-state index contributed by atoms with van der Waals surface area (Å²) in [6, 6.07) is 6.31. The van der Waals surface area contributed by atoms with Gasteiger partial charge in [0, 0.05) is 5.92 Å². The third-order valence-corrected chi connectivity index (χ3v) is 5.48. The number of ether oxygens (including phenoxy) is 1. The van der Waals surface area contributed by atoms with E-state index in [4.69, 9.17) is 17.3 Å². The molecular weight excluding hydrogens is 437 g/mol. The zero-order valence-corrected chi connectivity index (χ0v) is 16.8. The van der Waals surface area contributed by atoms with Crippen LogP contribution in [0.25, 0.3) is 0 Å². The first-order chi connectivity index (χ1) is 14.6. The summed E-state index contributed by atoms with van der Waals surface area (Å²) in [4.78, 5) is 30.2. The van der Waals surface area contributed by atoms with Crippen molar-refractivity contribution >= 4 is 23.5 Å². The van der Waals surface area contributed by atoms with Crippen molar-refractivity contribution in [3.63, 3.8) is 0 Å². The third-order valence-electron chi connectivity index (χ3n) is 5.16. The standard InChI is InChI=1S/C20H18ClF3N4O3/c21-13-7-8-14(26-16(13)10-1-2-10)17(28-9-15(18(25)29)27-19(28)30)11-3-5-12(6-4-11)31-20(22,23)24/h3-8,10,15,17H,1-2,9H2,(H2,25,29)(H,27,30)/t15?,17-/m1/s1. The maximum Gasteiger partial charge on any atom is 0.573 e. The molecule has 1 saturated heterocycles. The van der Waals surface area contributed by atoms with E-state index in [0.29, 0.717) is 22.0 Å². The van der Waals surface area contributed by atoms with E-state index in [1.165, 1.54) is 17.0 Å². The van der Waals surface area contributed by atoms with Crippen LogP contribution in [0.15, 0.2) is 36.4 Å². The van der Waals surface area contributed by atoms with Crippen molar-refractivity contribution in [2.75, 3.05) is 6.54 Å². The molecule has 1 aliphatic carbocycles. The van der Waals surface area contributed by atoms with E-state index in [9.17, 15) is 22.8 Å².